The molecule has 1 aromatic heterocycles. The molecule has 1 aromatic carbocycles. The standard InChI is InChI=1S/C15H18N2O3/c1-11(14-3-2-8-19-14)17-9-12-4-6-13(7-5-12)20-10-15(16)18/h2-8,11,17H,9-10H2,1H3,(H2,16,18). The second-order valence-corrected chi connectivity index (χ2v) is 4.52. The molecule has 0 fully saturated rings. The lowest BCUT2D eigenvalue weighted by Crippen LogP contribution is -2.20. The molecule has 2 rings (SSSR count). The summed E-state index contributed by atoms with van der Waals surface area (Å²) in [6.45, 7) is 2.66. The molecule has 3 N–H and O–H groups in total. The van der Waals surface area contributed by atoms with E-state index < -0.39 is 5.91 Å². The van der Waals surface area contributed by atoms with Gasteiger partial charge in [0, 0.05) is 6.54 Å². The average Bonchev–Trinajstić information content (AvgIpc) is 2.98. The van der Waals surface area contributed by atoms with Crippen LogP contribution in [0.1, 0.15) is 24.3 Å². The maximum absolute atomic E-state index is 10.6. The second kappa shape index (κ2) is 6.77. The third kappa shape index (κ3) is 4.13. The van der Waals surface area contributed by atoms with Crippen molar-refractivity contribution in [2.45, 2.75) is 19.5 Å². The minimum atomic E-state index is -0.483. The van der Waals surface area contributed by atoms with Crippen molar-refractivity contribution in [3.05, 3.63) is 54.0 Å². The van der Waals surface area contributed by atoms with Crippen LogP contribution in [-0.4, -0.2) is 12.5 Å². The van der Waals surface area contributed by atoms with Crippen LogP contribution in [0, 0.1) is 0 Å². The van der Waals surface area contributed by atoms with E-state index in [-0.39, 0.29) is 12.6 Å². The van der Waals surface area contributed by atoms with Crippen molar-refractivity contribution in [2.24, 2.45) is 5.73 Å². The molecule has 0 aliphatic heterocycles. The van der Waals surface area contributed by atoms with E-state index in [0.717, 1.165) is 17.9 Å². The Morgan fingerprint density at radius 3 is 2.70 bits per heavy atom. The molecule has 1 unspecified atom stereocenters. The molecule has 1 heterocycles. The highest BCUT2D eigenvalue weighted by Crippen LogP contribution is 2.15. The van der Waals surface area contributed by atoms with Gasteiger partial charge in [-0.15, -0.1) is 0 Å². The van der Waals surface area contributed by atoms with E-state index in [1.54, 1.807) is 6.26 Å². The maximum atomic E-state index is 10.6. The van der Waals surface area contributed by atoms with Crippen molar-refractivity contribution >= 4 is 5.91 Å². The van der Waals surface area contributed by atoms with Gasteiger partial charge in [0.15, 0.2) is 6.61 Å². The van der Waals surface area contributed by atoms with Crippen LogP contribution in [0.2, 0.25) is 0 Å². The predicted molar refractivity (Wildman–Crippen MR) is 75.1 cm³/mol. The summed E-state index contributed by atoms with van der Waals surface area (Å²) in [5.74, 6) is 1.06. The van der Waals surface area contributed by atoms with Crippen molar-refractivity contribution in [3.8, 4) is 5.75 Å². The number of nitrogens with two attached hydrogens (primary N) is 1. The maximum Gasteiger partial charge on any atom is 0.255 e. The summed E-state index contributed by atoms with van der Waals surface area (Å²) in [6, 6.07) is 11.5. The highest BCUT2D eigenvalue weighted by atomic mass is 16.5. The Balaban J connectivity index is 1.83. The largest absolute Gasteiger partial charge is 0.484 e. The van der Waals surface area contributed by atoms with Crippen LogP contribution in [0.15, 0.2) is 47.1 Å². The Labute approximate surface area is 117 Å². The quantitative estimate of drug-likeness (QED) is 0.809. The fourth-order valence-electron chi connectivity index (χ4n) is 1.77. The number of nitrogens with one attached hydrogen (secondary N) is 1. The first-order valence-corrected chi connectivity index (χ1v) is 6.42. The van der Waals surface area contributed by atoms with E-state index in [9.17, 15) is 4.79 Å². The normalized spacial score (nSPS) is 12.1. The molecule has 1 atom stereocenters. The summed E-state index contributed by atoms with van der Waals surface area (Å²) in [6.07, 6.45) is 1.67. The van der Waals surface area contributed by atoms with Gasteiger partial charge in [-0.2, -0.15) is 0 Å². The van der Waals surface area contributed by atoms with Crippen molar-refractivity contribution in [1.29, 1.82) is 0 Å². The van der Waals surface area contributed by atoms with E-state index >= 15 is 0 Å². The topological polar surface area (TPSA) is 77.5 Å². The smallest absolute Gasteiger partial charge is 0.255 e. The molecule has 0 aliphatic rings. The summed E-state index contributed by atoms with van der Waals surface area (Å²) in [7, 11) is 0. The zero-order valence-electron chi connectivity index (χ0n) is 11.3. The van der Waals surface area contributed by atoms with Crippen LogP contribution in [0.3, 0.4) is 0 Å². The van der Waals surface area contributed by atoms with Crippen LogP contribution in [0.25, 0.3) is 0 Å². The van der Waals surface area contributed by atoms with Crippen molar-refractivity contribution in [3.63, 3.8) is 0 Å². The summed E-state index contributed by atoms with van der Waals surface area (Å²) in [4.78, 5) is 10.6. The third-order valence-corrected chi connectivity index (χ3v) is 2.89. The van der Waals surface area contributed by atoms with Gasteiger partial charge < -0.3 is 20.2 Å². The lowest BCUT2D eigenvalue weighted by Gasteiger charge is -2.11. The van der Waals surface area contributed by atoms with E-state index in [4.69, 9.17) is 14.9 Å². The molecule has 106 valence electrons. The molecule has 1 amide bonds. The highest BCUT2D eigenvalue weighted by Gasteiger charge is 2.07. The van der Waals surface area contributed by atoms with Gasteiger partial charge in [-0.05, 0) is 36.8 Å². The number of hydrogen-bond donors (Lipinski definition) is 2. The molecule has 5 nitrogen and oxygen atoms in total. The van der Waals surface area contributed by atoms with E-state index in [0.29, 0.717) is 5.75 Å². The van der Waals surface area contributed by atoms with Gasteiger partial charge in [0.05, 0.1) is 12.3 Å². The van der Waals surface area contributed by atoms with Crippen LogP contribution in [0.4, 0.5) is 0 Å². The molecule has 0 spiro atoms. The first-order valence-electron chi connectivity index (χ1n) is 6.42. The van der Waals surface area contributed by atoms with Gasteiger partial charge in [-0.3, -0.25) is 4.79 Å². The summed E-state index contributed by atoms with van der Waals surface area (Å²) in [5.41, 5.74) is 6.13. The number of furan rings is 1. The average molecular weight is 274 g/mol. The molecule has 5 heteroatoms. The zero-order chi connectivity index (χ0) is 14.4. The number of ether oxygens (including phenoxy) is 1. The minimum absolute atomic E-state index is 0.104. The van der Waals surface area contributed by atoms with Gasteiger partial charge >= 0.3 is 0 Å². The lowest BCUT2D eigenvalue weighted by molar-refractivity contribution is -0.119. The lowest BCUT2D eigenvalue weighted by atomic mass is 10.2. The number of rotatable bonds is 7. The Hall–Kier alpha value is -2.27. The second-order valence-electron chi connectivity index (χ2n) is 4.52. The third-order valence-electron chi connectivity index (χ3n) is 2.89. The van der Waals surface area contributed by atoms with E-state index in [1.807, 2.05) is 43.3 Å². The van der Waals surface area contributed by atoms with Gasteiger partial charge in [0.1, 0.15) is 11.5 Å². The zero-order valence-corrected chi connectivity index (χ0v) is 11.3. The predicted octanol–water partition coefficient (Wildman–Crippen LogP) is 1.99. The van der Waals surface area contributed by atoms with Crippen LogP contribution < -0.4 is 15.8 Å². The van der Waals surface area contributed by atoms with Crippen LogP contribution >= 0.6 is 0 Å². The number of hydrogen-bond acceptors (Lipinski definition) is 4. The SMILES string of the molecule is CC(NCc1ccc(OCC(N)=O)cc1)c1ccco1. The molecule has 0 saturated heterocycles. The summed E-state index contributed by atoms with van der Waals surface area (Å²) in [5, 5.41) is 3.36. The van der Waals surface area contributed by atoms with Gasteiger partial charge in [0.25, 0.3) is 5.91 Å². The first kappa shape index (κ1) is 14.1. The molecular weight excluding hydrogens is 256 g/mol. The van der Waals surface area contributed by atoms with Crippen molar-refractivity contribution < 1.29 is 13.9 Å². The Morgan fingerprint density at radius 1 is 1.35 bits per heavy atom. The van der Waals surface area contributed by atoms with E-state index in [1.165, 1.54) is 0 Å². The Kier molecular flexibility index (Phi) is 4.79. The van der Waals surface area contributed by atoms with Gasteiger partial charge in [0.2, 0.25) is 0 Å². The number of carbonyl (C=O) groups is 1. The van der Waals surface area contributed by atoms with Crippen LogP contribution in [-0.2, 0) is 11.3 Å². The number of amides is 1. The molecule has 20 heavy (non-hydrogen) atoms. The monoisotopic (exact) mass is 274 g/mol. The number of benzene rings is 1. The number of carbonyl (C=O) groups excluding carboxylic acids is 1. The molecule has 0 radical (unpaired) electrons. The summed E-state index contributed by atoms with van der Waals surface area (Å²) >= 11 is 0. The fourth-order valence-corrected chi connectivity index (χ4v) is 1.77. The van der Waals surface area contributed by atoms with Crippen molar-refractivity contribution in [2.75, 3.05) is 6.61 Å². The van der Waals surface area contributed by atoms with Crippen LogP contribution in [0.5, 0.6) is 5.75 Å². The summed E-state index contributed by atoms with van der Waals surface area (Å²) < 4.78 is 10.5. The molecule has 0 aliphatic carbocycles. The molecule has 0 bridgehead atoms. The molecule has 2 aromatic rings. The highest BCUT2D eigenvalue weighted by molar-refractivity contribution is 5.75. The Bertz CT molecular complexity index is 535. The van der Waals surface area contributed by atoms with Crippen molar-refractivity contribution in [1.82, 2.24) is 5.32 Å². The molecular formula is C15H18N2O3. The van der Waals surface area contributed by atoms with E-state index in [2.05, 4.69) is 5.32 Å². The minimum Gasteiger partial charge on any atom is -0.484 e. The first-order chi connectivity index (χ1) is 9.65. The van der Waals surface area contributed by atoms with Gasteiger partial charge in [-0.25, -0.2) is 0 Å². The number of primary amides is 1. The fraction of sp³-hybridized carbons (Fsp3) is 0.267. The molecule has 0 saturated carbocycles. The van der Waals surface area contributed by atoms with Gasteiger partial charge in [-0.1, -0.05) is 12.1 Å². The Morgan fingerprint density at radius 2 is 2.10 bits per heavy atom.